The van der Waals surface area contributed by atoms with Gasteiger partial charge in [0, 0.05) is 24.4 Å². The molecule has 3 nitrogen and oxygen atoms in total. The number of amides is 1. The van der Waals surface area contributed by atoms with Crippen LogP contribution in [0.2, 0.25) is 0 Å². The van der Waals surface area contributed by atoms with E-state index < -0.39 is 0 Å². The normalized spacial score (nSPS) is 10.0. The van der Waals surface area contributed by atoms with E-state index in [1.807, 2.05) is 38.1 Å². The molecule has 1 aromatic carbocycles. The molecule has 1 rings (SSSR count). The lowest BCUT2D eigenvalue weighted by Gasteiger charge is -2.12. The molecule has 0 aliphatic carbocycles. The summed E-state index contributed by atoms with van der Waals surface area (Å²) in [5.74, 6) is 6.11. The third kappa shape index (κ3) is 5.46. The Hall–Kier alpha value is -1.79. The monoisotopic (exact) mass is 273 g/mol. The highest BCUT2D eigenvalue weighted by Gasteiger charge is 2.13. The number of carbonyl (C=O) groups excluding carboxylic acids is 1. The highest BCUT2D eigenvalue weighted by atomic mass is 16.2. The van der Waals surface area contributed by atoms with Crippen LogP contribution in [0.5, 0.6) is 0 Å². The van der Waals surface area contributed by atoms with Crippen LogP contribution >= 0.6 is 0 Å². The minimum atomic E-state index is 0.0815. The SMILES string of the molecule is CCC(CC)C(=O)NCc1cccc(C#CCCO)c1. The first-order chi connectivity index (χ1) is 9.71. The van der Waals surface area contributed by atoms with E-state index in [1.54, 1.807) is 0 Å². The lowest BCUT2D eigenvalue weighted by molar-refractivity contribution is -0.125. The Bertz CT molecular complexity index is 481. The van der Waals surface area contributed by atoms with Gasteiger partial charge in [-0.1, -0.05) is 37.8 Å². The summed E-state index contributed by atoms with van der Waals surface area (Å²) in [6.45, 7) is 4.68. The number of nitrogens with one attached hydrogen (secondary N) is 1. The Morgan fingerprint density at radius 3 is 2.75 bits per heavy atom. The summed E-state index contributed by atoms with van der Waals surface area (Å²) in [5.41, 5.74) is 1.95. The van der Waals surface area contributed by atoms with Crippen LogP contribution in [-0.2, 0) is 11.3 Å². The van der Waals surface area contributed by atoms with Gasteiger partial charge in [-0.2, -0.15) is 0 Å². The zero-order valence-corrected chi connectivity index (χ0v) is 12.3. The maximum atomic E-state index is 11.9. The smallest absolute Gasteiger partial charge is 0.223 e. The van der Waals surface area contributed by atoms with Crippen molar-refractivity contribution in [3.05, 3.63) is 35.4 Å². The molecule has 108 valence electrons. The third-order valence-electron chi connectivity index (χ3n) is 3.22. The van der Waals surface area contributed by atoms with E-state index in [4.69, 9.17) is 5.11 Å². The van der Waals surface area contributed by atoms with Gasteiger partial charge in [0.1, 0.15) is 0 Å². The second-order valence-corrected chi connectivity index (χ2v) is 4.71. The van der Waals surface area contributed by atoms with Gasteiger partial charge in [0.2, 0.25) is 5.91 Å². The van der Waals surface area contributed by atoms with Crippen molar-refractivity contribution in [2.75, 3.05) is 6.61 Å². The van der Waals surface area contributed by atoms with Crippen LogP contribution in [0.4, 0.5) is 0 Å². The second-order valence-electron chi connectivity index (χ2n) is 4.71. The summed E-state index contributed by atoms with van der Waals surface area (Å²) >= 11 is 0. The van der Waals surface area contributed by atoms with Crippen LogP contribution in [0.3, 0.4) is 0 Å². The second kappa shape index (κ2) is 9.17. The van der Waals surface area contributed by atoms with Gasteiger partial charge in [0.25, 0.3) is 0 Å². The van der Waals surface area contributed by atoms with Gasteiger partial charge in [0.05, 0.1) is 6.61 Å². The topological polar surface area (TPSA) is 49.3 Å². The molecule has 20 heavy (non-hydrogen) atoms. The summed E-state index contributed by atoms with van der Waals surface area (Å²) in [7, 11) is 0. The maximum Gasteiger partial charge on any atom is 0.223 e. The number of aliphatic hydroxyl groups is 1. The van der Waals surface area contributed by atoms with Crippen LogP contribution < -0.4 is 5.32 Å². The molecular formula is C17H23NO2. The first-order valence-electron chi connectivity index (χ1n) is 7.17. The third-order valence-corrected chi connectivity index (χ3v) is 3.22. The number of hydrogen-bond donors (Lipinski definition) is 2. The molecule has 0 unspecified atom stereocenters. The maximum absolute atomic E-state index is 11.9. The minimum absolute atomic E-state index is 0.0815. The molecule has 0 spiro atoms. The summed E-state index contributed by atoms with van der Waals surface area (Å²) in [5, 5.41) is 11.7. The van der Waals surface area contributed by atoms with E-state index in [0.29, 0.717) is 13.0 Å². The van der Waals surface area contributed by atoms with Crippen molar-refractivity contribution in [1.29, 1.82) is 0 Å². The molecule has 0 atom stereocenters. The summed E-state index contributed by atoms with van der Waals surface area (Å²) in [4.78, 5) is 11.9. The van der Waals surface area contributed by atoms with Crippen molar-refractivity contribution in [3.63, 3.8) is 0 Å². The molecule has 0 aromatic heterocycles. The van der Waals surface area contributed by atoms with Gasteiger partial charge in [-0.05, 0) is 30.5 Å². The molecule has 0 heterocycles. The average Bonchev–Trinajstić information content (AvgIpc) is 2.47. The van der Waals surface area contributed by atoms with Crippen molar-refractivity contribution >= 4 is 5.91 Å². The standard InChI is InChI=1S/C17H23NO2/c1-3-16(4-2)17(20)18-13-15-10-7-9-14(12-15)8-5-6-11-19/h7,9-10,12,16,19H,3-4,6,11,13H2,1-2H3,(H,18,20). The number of benzene rings is 1. The highest BCUT2D eigenvalue weighted by Crippen LogP contribution is 2.09. The van der Waals surface area contributed by atoms with E-state index >= 15 is 0 Å². The minimum Gasteiger partial charge on any atom is -0.395 e. The Labute approximate surface area is 121 Å². The van der Waals surface area contributed by atoms with Crippen LogP contribution in [0.1, 0.15) is 44.2 Å². The van der Waals surface area contributed by atoms with Crippen LogP contribution in [0.25, 0.3) is 0 Å². The molecule has 1 amide bonds. The van der Waals surface area contributed by atoms with Gasteiger partial charge in [-0.3, -0.25) is 4.79 Å². The molecule has 0 saturated carbocycles. The highest BCUT2D eigenvalue weighted by molar-refractivity contribution is 5.78. The lowest BCUT2D eigenvalue weighted by atomic mass is 10.0. The van der Waals surface area contributed by atoms with Gasteiger partial charge in [-0.15, -0.1) is 0 Å². The lowest BCUT2D eigenvalue weighted by Crippen LogP contribution is -2.29. The van der Waals surface area contributed by atoms with Crippen LogP contribution in [0.15, 0.2) is 24.3 Å². The largest absolute Gasteiger partial charge is 0.395 e. The van der Waals surface area contributed by atoms with Crippen molar-refractivity contribution in [2.24, 2.45) is 5.92 Å². The molecule has 2 N–H and O–H groups in total. The number of hydrogen-bond acceptors (Lipinski definition) is 2. The Morgan fingerprint density at radius 1 is 1.35 bits per heavy atom. The zero-order valence-electron chi connectivity index (χ0n) is 12.3. The van der Waals surface area contributed by atoms with Crippen LogP contribution in [0, 0.1) is 17.8 Å². The number of aliphatic hydroxyl groups excluding tert-OH is 1. The fourth-order valence-electron chi connectivity index (χ4n) is 1.97. The Morgan fingerprint density at radius 2 is 2.10 bits per heavy atom. The summed E-state index contributed by atoms with van der Waals surface area (Å²) in [6, 6.07) is 7.81. The first kappa shape index (κ1) is 16.3. The fourth-order valence-corrected chi connectivity index (χ4v) is 1.97. The molecule has 0 aliphatic rings. The van der Waals surface area contributed by atoms with Gasteiger partial charge >= 0.3 is 0 Å². The summed E-state index contributed by atoms with van der Waals surface area (Å²) < 4.78 is 0. The van der Waals surface area contributed by atoms with E-state index in [2.05, 4.69) is 17.2 Å². The molecule has 3 heteroatoms. The van der Waals surface area contributed by atoms with E-state index in [9.17, 15) is 4.79 Å². The van der Waals surface area contributed by atoms with Crippen molar-refractivity contribution in [2.45, 2.75) is 39.7 Å². The van der Waals surface area contributed by atoms with Crippen molar-refractivity contribution < 1.29 is 9.90 Å². The summed E-state index contributed by atoms with van der Waals surface area (Å²) in [6.07, 6.45) is 2.22. The quantitative estimate of drug-likeness (QED) is 0.782. The number of rotatable bonds is 6. The molecule has 0 radical (unpaired) electrons. The zero-order chi connectivity index (χ0) is 14.8. The van der Waals surface area contributed by atoms with Crippen LogP contribution in [-0.4, -0.2) is 17.6 Å². The van der Waals surface area contributed by atoms with Gasteiger partial charge in [0.15, 0.2) is 0 Å². The molecule has 0 bridgehead atoms. The molecule has 0 saturated heterocycles. The van der Waals surface area contributed by atoms with E-state index in [1.165, 1.54) is 0 Å². The Balaban J connectivity index is 2.59. The van der Waals surface area contributed by atoms with Crippen molar-refractivity contribution in [3.8, 4) is 11.8 Å². The average molecular weight is 273 g/mol. The van der Waals surface area contributed by atoms with Crippen molar-refractivity contribution in [1.82, 2.24) is 5.32 Å². The van der Waals surface area contributed by atoms with E-state index in [0.717, 1.165) is 24.0 Å². The predicted molar refractivity (Wildman–Crippen MR) is 80.9 cm³/mol. The van der Waals surface area contributed by atoms with Gasteiger partial charge in [-0.25, -0.2) is 0 Å². The first-order valence-corrected chi connectivity index (χ1v) is 7.17. The van der Waals surface area contributed by atoms with Gasteiger partial charge < -0.3 is 10.4 Å². The molecule has 0 aliphatic heterocycles. The Kier molecular flexibility index (Phi) is 7.46. The molecule has 1 aromatic rings. The molecule has 0 fully saturated rings. The number of carbonyl (C=O) groups is 1. The predicted octanol–water partition coefficient (Wildman–Crippen LogP) is 2.47. The molecular weight excluding hydrogens is 250 g/mol. The van der Waals surface area contributed by atoms with E-state index in [-0.39, 0.29) is 18.4 Å². The fraction of sp³-hybridized carbons (Fsp3) is 0.471.